The largest absolute Gasteiger partial charge is 0.375 e. The number of anilines is 2. The lowest BCUT2D eigenvalue weighted by molar-refractivity contribution is 0.102. The van der Waals surface area contributed by atoms with Gasteiger partial charge in [-0.15, -0.1) is 5.10 Å². The topological polar surface area (TPSA) is 75.9 Å². The van der Waals surface area contributed by atoms with E-state index in [-0.39, 0.29) is 5.91 Å². The lowest BCUT2D eigenvalue weighted by atomic mass is 10.1. The van der Waals surface area contributed by atoms with Gasteiger partial charge in [-0.25, -0.2) is 0 Å². The second-order valence-electron chi connectivity index (χ2n) is 5.70. The van der Waals surface area contributed by atoms with Crippen molar-refractivity contribution in [1.29, 1.82) is 0 Å². The highest BCUT2D eigenvalue weighted by Crippen LogP contribution is 2.17. The molecule has 0 atom stereocenters. The summed E-state index contributed by atoms with van der Waals surface area (Å²) in [4.78, 5) is 14.6. The summed E-state index contributed by atoms with van der Waals surface area (Å²) in [5, 5.41) is 14.4. The monoisotopic (exact) mass is 336 g/mol. The molecule has 7 nitrogen and oxygen atoms in total. The predicted octanol–water partition coefficient (Wildman–Crippen LogP) is 2.68. The first-order valence-electron chi connectivity index (χ1n) is 8.06. The fourth-order valence-electron chi connectivity index (χ4n) is 2.44. The lowest BCUT2D eigenvalue weighted by Gasteiger charge is -2.16. The van der Waals surface area contributed by atoms with Crippen molar-refractivity contribution in [2.45, 2.75) is 13.8 Å². The number of hydrogen-bond acceptors (Lipinski definition) is 5. The SMILES string of the molecule is CCN(C)c1ccc(C(=O)Nc2cccc(-n3nnnc3C)c2)cc1. The highest BCUT2D eigenvalue weighted by molar-refractivity contribution is 6.04. The number of carbonyl (C=O) groups excluding carboxylic acids is 1. The average molecular weight is 336 g/mol. The summed E-state index contributed by atoms with van der Waals surface area (Å²) in [7, 11) is 2.02. The van der Waals surface area contributed by atoms with Crippen molar-refractivity contribution in [3.8, 4) is 5.69 Å². The molecule has 0 unspecified atom stereocenters. The molecule has 1 N–H and O–H groups in total. The van der Waals surface area contributed by atoms with Crippen LogP contribution >= 0.6 is 0 Å². The van der Waals surface area contributed by atoms with E-state index in [0.717, 1.165) is 17.9 Å². The molecule has 3 aromatic rings. The molecule has 7 heteroatoms. The molecule has 0 saturated heterocycles. The number of aromatic nitrogens is 4. The van der Waals surface area contributed by atoms with Crippen LogP contribution in [0, 0.1) is 6.92 Å². The predicted molar refractivity (Wildman–Crippen MR) is 97.2 cm³/mol. The van der Waals surface area contributed by atoms with E-state index in [1.165, 1.54) is 0 Å². The van der Waals surface area contributed by atoms with Crippen LogP contribution < -0.4 is 10.2 Å². The van der Waals surface area contributed by atoms with Gasteiger partial charge in [0.25, 0.3) is 5.91 Å². The Hall–Kier alpha value is -3.22. The van der Waals surface area contributed by atoms with Crippen LogP contribution in [0.5, 0.6) is 0 Å². The number of benzene rings is 2. The second-order valence-corrected chi connectivity index (χ2v) is 5.70. The van der Waals surface area contributed by atoms with Crippen LogP contribution in [-0.2, 0) is 0 Å². The Bertz CT molecular complexity index is 871. The van der Waals surface area contributed by atoms with E-state index in [4.69, 9.17) is 0 Å². The molecule has 0 fully saturated rings. The Balaban J connectivity index is 1.76. The summed E-state index contributed by atoms with van der Waals surface area (Å²) in [6.07, 6.45) is 0. The third kappa shape index (κ3) is 3.65. The number of rotatable bonds is 5. The van der Waals surface area contributed by atoms with Crippen molar-refractivity contribution in [3.63, 3.8) is 0 Å². The smallest absolute Gasteiger partial charge is 0.255 e. The molecular weight excluding hydrogens is 316 g/mol. The minimum atomic E-state index is -0.156. The molecule has 0 radical (unpaired) electrons. The van der Waals surface area contributed by atoms with Gasteiger partial charge in [0.15, 0.2) is 5.82 Å². The summed E-state index contributed by atoms with van der Waals surface area (Å²) < 4.78 is 1.62. The molecule has 2 aromatic carbocycles. The first kappa shape index (κ1) is 16.6. The van der Waals surface area contributed by atoms with E-state index < -0.39 is 0 Å². The number of amides is 1. The van der Waals surface area contributed by atoms with Crippen LogP contribution in [-0.4, -0.2) is 39.7 Å². The Labute approximate surface area is 146 Å². The minimum Gasteiger partial charge on any atom is -0.375 e. The molecular formula is C18H20N6O. The third-order valence-electron chi connectivity index (χ3n) is 4.02. The first-order valence-corrected chi connectivity index (χ1v) is 8.06. The molecule has 0 spiro atoms. The van der Waals surface area contributed by atoms with Crippen LogP contribution in [0.2, 0.25) is 0 Å². The fourth-order valence-corrected chi connectivity index (χ4v) is 2.44. The summed E-state index contributed by atoms with van der Waals surface area (Å²) in [5.41, 5.74) is 3.17. The maximum Gasteiger partial charge on any atom is 0.255 e. The normalized spacial score (nSPS) is 10.5. The van der Waals surface area contributed by atoms with Crippen molar-refractivity contribution in [2.75, 3.05) is 23.8 Å². The summed E-state index contributed by atoms with van der Waals surface area (Å²) in [6, 6.07) is 14.9. The quantitative estimate of drug-likeness (QED) is 0.775. The number of nitrogens with one attached hydrogen (secondary N) is 1. The molecule has 0 aliphatic carbocycles. The number of hydrogen-bond donors (Lipinski definition) is 1. The van der Waals surface area contributed by atoms with E-state index in [1.54, 1.807) is 4.68 Å². The van der Waals surface area contributed by atoms with Gasteiger partial charge in [-0.05, 0) is 66.7 Å². The summed E-state index contributed by atoms with van der Waals surface area (Å²) >= 11 is 0. The van der Waals surface area contributed by atoms with Gasteiger partial charge in [-0.2, -0.15) is 4.68 Å². The van der Waals surface area contributed by atoms with Crippen molar-refractivity contribution in [3.05, 3.63) is 59.9 Å². The third-order valence-corrected chi connectivity index (χ3v) is 4.02. The van der Waals surface area contributed by atoms with Gasteiger partial charge in [0.2, 0.25) is 0 Å². The van der Waals surface area contributed by atoms with Crippen molar-refractivity contribution < 1.29 is 4.79 Å². The van der Waals surface area contributed by atoms with Gasteiger partial charge in [0, 0.05) is 30.5 Å². The summed E-state index contributed by atoms with van der Waals surface area (Å²) in [5.74, 6) is 0.524. The molecule has 3 rings (SSSR count). The minimum absolute atomic E-state index is 0.156. The molecule has 128 valence electrons. The van der Waals surface area contributed by atoms with Crippen LogP contribution in [0.3, 0.4) is 0 Å². The van der Waals surface area contributed by atoms with Crippen LogP contribution in [0.15, 0.2) is 48.5 Å². The number of nitrogens with zero attached hydrogens (tertiary/aromatic N) is 5. The maximum atomic E-state index is 12.5. The van der Waals surface area contributed by atoms with E-state index >= 15 is 0 Å². The van der Waals surface area contributed by atoms with Crippen LogP contribution in [0.25, 0.3) is 5.69 Å². The Kier molecular flexibility index (Phi) is 4.74. The van der Waals surface area contributed by atoms with Gasteiger partial charge in [-0.3, -0.25) is 4.79 Å². The van der Waals surface area contributed by atoms with Crippen LogP contribution in [0.4, 0.5) is 11.4 Å². The van der Waals surface area contributed by atoms with Gasteiger partial charge >= 0.3 is 0 Å². The average Bonchev–Trinajstić information content (AvgIpc) is 3.07. The maximum absolute atomic E-state index is 12.5. The van der Waals surface area contributed by atoms with Gasteiger partial charge in [0.05, 0.1) is 5.69 Å². The molecule has 1 amide bonds. The molecule has 0 aliphatic heterocycles. The van der Waals surface area contributed by atoms with Gasteiger partial charge in [-0.1, -0.05) is 6.07 Å². The van der Waals surface area contributed by atoms with E-state index in [9.17, 15) is 4.79 Å². The lowest BCUT2D eigenvalue weighted by Crippen LogP contribution is -2.16. The fraction of sp³-hybridized carbons (Fsp3) is 0.222. The number of carbonyl (C=O) groups is 1. The molecule has 0 aliphatic rings. The van der Waals surface area contributed by atoms with E-state index in [1.807, 2.05) is 62.5 Å². The summed E-state index contributed by atoms with van der Waals surface area (Å²) in [6.45, 7) is 4.81. The van der Waals surface area contributed by atoms with Crippen LogP contribution in [0.1, 0.15) is 23.1 Å². The second kappa shape index (κ2) is 7.12. The molecule has 0 bridgehead atoms. The molecule has 1 aromatic heterocycles. The zero-order chi connectivity index (χ0) is 17.8. The van der Waals surface area contributed by atoms with Gasteiger partial charge < -0.3 is 10.2 Å². The van der Waals surface area contributed by atoms with E-state index in [2.05, 4.69) is 32.7 Å². The highest BCUT2D eigenvalue weighted by atomic mass is 16.1. The zero-order valence-corrected chi connectivity index (χ0v) is 14.5. The van der Waals surface area contributed by atoms with E-state index in [0.29, 0.717) is 17.1 Å². The highest BCUT2D eigenvalue weighted by Gasteiger charge is 2.09. The Morgan fingerprint density at radius 3 is 2.60 bits per heavy atom. The number of tetrazole rings is 1. The number of aryl methyl sites for hydroxylation is 1. The first-order chi connectivity index (χ1) is 12.1. The van der Waals surface area contributed by atoms with Crippen molar-refractivity contribution >= 4 is 17.3 Å². The zero-order valence-electron chi connectivity index (χ0n) is 14.5. The van der Waals surface area contributed by atoms with Crippen molar-refractivity contribution in [1.82, 2.24) is 20.2 Å². The Morgan fingerprint density at radius 1 is 1.20 bits per heavy atom. The van der Waals surface area contributed by atoms with Crippen molar-refractivity contribution in [2.24, 2.45) is 0 Å². The van der Waals surface area contributed by atoms with Gasteiger partial charge in [0.1, 0.15) is 0 Å². The molecule has 0 saturated carbocycles. The Morgan fingerprint density at radius 2 is 1.96 bits per heavy atom. The molecule has 25 heavy (non-hydrogen) atoms. The standard InChI is InChI=1S/C18H20N6O/c1-4-23(3)16-10-8-14(9-11-16)18(25)19-15-6-5-7-17(12-15)24-13(2)20-21-22-24/h5-12H,4H2,1-3H3,(H,19,25). The molecule has 1 heterocycles.